The van der Waals surface area contributed by atoms with Crippen molar-refractivity contribution in [2.75, 3.05) is 0 Å². The molecule has 7 aromatic rings. The lowest BCUT2D eigenvalue weighted by Crippen LogP contribution is -1.91. The molecule has 0 aliphatic carbocycles. The quantitative estimate of drug-likeness (QED) is 0.175. The highest BCUT2D eigenvalue weighted by Crippen LogP contribution is 2.34. The van der Waals surface area contributed by atoms with E-state index in [9.17, 15) is 0 Å². The summed E-state index contributed by atoms with van der Waals surface area (Å²) in [5, 5.41) is 0. The van der Waals surface area contributed by atoms with Crippen LogP contribution in [0.4, 0.5) is 0 Å². The fourth-order valence-electron chi connectivity index (χ4n) is 6.55. The van der Waals surface area contributed by atoms with E-state index in [4.69, 9.17) is 9.97 Å². The second-order valence-corrected chi connectivity index (χ2v) is 12.7. The highest BCUT2D eigenvalue weighted by Gasteiger charge is 2.17. The Hall–Kier alpha value is -8.42. The zero-order chi connectivity index (χ0) is 37.5. The third kappa shape index (κ3) is 7.02. The molecule has 7 heterocycles. The number of nitrogens with zero attached hydrogens (tertiary/aromatic N) is 4. The standard InChI is InChI=1S/C50H28N6/c1-3-13-37(14-4-1)49-45-23-19-41(53-45)39(17-9-7-11-35-27-31-51-32-28-35)43-21-25-47(55-43)50(38-15-5-2-6-16-38)48-26-22-44(56-48)40(42-20-24-46(49)54-42)18-10-8-12-36-29-33-52-34-30-36/h1-6,13-16,19-34,53,55H. The second-order valence-electron chi connectivity index (χ2n) is 12.7. The normalized spacial score (nSPS) is 10.9. The van der Waals surface area contributed by atoms with E-state index in [1.54, 1.807) is 24.8 Å². The van der Waals surface area contributed by atoms with Crippen LogP contribution in [0.25, 0.3) is 68.6 Å². The number of fused-ring (bicyclic) bond motifs is 8. The second kappa shape index (κ2) is 15.3. The van der Waals surface area contributed by atoms with Crippen LogP contribution < -0.4 is 0 Å². The van der Waals surface area contributed by atoms with Crippen LogP contribution in [0.1, 0.15) is 45.0 Å². The first-order valence-electron chi connectivity index (χ1n) is 17.9. The number of H-pyrrole nitrogens is 2. The first kappa shape index (κ1) is 33.4. The maximum Gasteiger partial charge on any atom is 0.0816 e. The van der Waals surface area contributed by atoms with Gasteiger partial charge in [-0.25, -0.2) is 9.97 Å². The minimum absolute atomic E-state index is 0.677. The van der Waals surface area contributed by atoms with Crippen LogP contribution in [0.15, 0.2) is 134 Å². The molecule has 0 radical (unpaired) electrons. The van der Waals surface area contributed by atoms with Crippen molar-refractivity contribution in [1.82, 2.24) is 29.9 Å². The molecule has 6 heteroatoms. The number of pyridine rings is 2. The number of benzene rings is 2. The summed E-state index contributed by atoms with van der Waals surface area (Å²) in [5.41, 5.74) is 13.4. The highest BCUT2D eigenvalue weighted by atomic mass is 14.8. The predicted molar refractivity (Wildman–Crippen MR) is 226 cm³/mol. The minimum Gasteiger partial charge on any atom is -0.354 e. The zero-order valence-electron chi connectivity index (χ0n) is 29.8. The molecule has 8 bridgehead atoms. The van der Waals surface area contributed by atoms with E-state index >= 15 is 0 Å². The molecule has 0 atom stereocenters. The van der Waals surface area contributed by atoms with Crippen molar-refractivity contribution in [1.29, 1.82) is 0 Å². The maximum atomic E-state index is 5.22. The Labute approximate surface area is 323 Å². The molecule has 2 aliphatic rings. The van der Waals surface area contributed by atoms with Gasteiger partial charge in [0.2, 0.25) is 0 Å². The number of aromatic amines is 2. The molecule has 5 aromatic heterocycles. The largest absolute Gasteiger partial charge is 0.354 e. The van der Waals surface area contributed by atoms with Gasteiger partial charge in [-0.2, -0.15) is 0 Å². The van der Waals surface area contributed by atoms with Gasteiger partial charge in [-0.05, 0) is 119 Å². The lowest BCUT2D eigenvalue weighted by atomic mass is 10.0. The Morgan fingerprint density at radius 2 is 0.750 bits per heavy atom. The van der Waals surface area contributed by atoms with Gasteiger partial charge >= 0.3 is 0 Å². The zero-order valence-corrected chi connectivity index (χ0v) is 29.8. The van der Waals surface area contributed by atoms with Crippen LogP contribution in [-0.2, 0) is 0 Å². The van der Waals surface area contributed by atoms with E-state index in [1.165, 1.54) is 0 Å². The Morgan fingerprint density at radius 1 is 0.357 bits per heavy atom. The summed E-state index contributed by atoms with van der Waals surface area (Å²) in [6, 6.07) is 36.2. The molecule has 6 nitrogen and oxygen atoms in total. The van der Waals surface area contributed by atoms with Gasteiger partial charge in [0.1, 0.15) is 0 Å². The van der Waals surface area contributed by atoms with Gasteiger partial charge in [0, 0.05) is 58.1 Å². The van der Waals surface area contributed by atoms with E-state index in [0.29, 0.717) is 17.0 Å². The molecule has 0 saturated heterocycles. The number of nitrogens with one attached hydrogen (secondary N) is 2. The molecule has 0 saturated carbocycles. The molecule has 2 aromatic carbocycles. The van der Waals surface area contributed by atoms with E-state index in [1.807, 2.05) is 85.0 Å². The number of hydrogen-bond acceptors (Lipinski definition) is 4. The summed E-state index contributed by atoms with van der Waals surface area (Å²) in [6.45, 7) is 0. The lowest BCUT2D eigenvalue weighted by molar-refractivity contribution is 1.26. The van der Waals surface area contributed by atoms with E-state index < -0.39 is 0 Å². The number of rotatable bonds is 2. The Morgan fingerprint density at radius 3 is 1.21 bits per heavy atom. The molecular formula is C50H28N6. The smallest absolute Gasteiger partial charge is 0.0816 e. The van der Waals surface area contributed by atoms with Crippen molar-refractivity contribution in [2.45, 2.75) is 0 Å². The van der Waals surface area contributed by atoms with Crippen LogP contribution in [0.5, 0.6) is 0 Å². The van der Waals surface area contributed by atoms with Crippen LogP contribution in [0.3, 0.4) is 0 Å². The molecule has 0 fully saturated rings. The highest BCUT2D eigenvalue weighted by molar-refractivity contribution is 5.95. The molecule has 9 rings (SSSR count). The molecule has 258 valence electrons. The van der Waals surface area contributed by atoms with E-state index in [2.05, 4.69) is 116 Å². The Balaban J connectivity index is 1.36. The fraction of sp³-hybridized carbons (Fsp3) is 0. The summed E-state index contributed by atoms with van der Waals surface area (Å²) in [6.07, 6.45) is 14.9. The number of aromatic nitrogens is 6. The summed E-state index contributed by atoms with van der Waals surface area (Å²) < 4.78 is 0. The molecule has 56 heavy (non-hydrogen) atoms. The summed E-state index contributed by atoms with van der Waals surface area (Å²) in [7, 11) is 0. The molecule has 0 amide bonds. The SMILES string of the molecule is C(C#Cc1c2nc(c(-c3ccccc3)c3ccc([nH]3)c(C#CC#Cc3ccncc3)c3ccc([nH]3)c(-c3ccccc3)c3nc1C=C3)C=C2)#Cc1ccncc1. The molecule has 2 aliphatic heterocycles. The van der Waals surface area contributed by atoms with Crippen molar-refractivity contribution in [2.24, 2.45) is 0 Å². The lowest BCUT2D eigenvalue weighted by Gasteiger charge is -2.04. The first-order chi connectivity index (χ1) is 27.8. The summed E-state index contributed by atoms with van der Waals surface area (Å²) in [5.74, 6) is 25.1. The van der Waals surface area contributed by atoms with Gasteiger partial charge < -0.3 is 9.97 Å². The average Bonchev–Trinajstić information content (AvgIpc) is 4.10. The van der Waals surface area contributed by atoms with Gasteiger partial charge in [-0.15, -0.1) is 0 Å². The maximum absolute atomic E-state index is 5.22. The van der Waals surface area contributed by atoms with Crippen LogP contribution >= 0.6 is 0 Å². The van der Waals surface area contributed by atoms with Crippen LogP contribution in [0.2, 0.25) is 0 Å². The summed E-state index contributed by atoms with van der Waals surface area (Å²) >= 11 is 0. The minimum atomic E-state index is 0.677. The van der Waals surface area contributed by atoms with Crippen LogP contribution in [0, 0.1) is 47.4 Å². The van der Waals surface area contributed by atoms with Crippen molar-refractivity contribution >= 4 is 46.4 Å². The van der Waals surface area contributed by atoms with Gasteiger partial charge in [-0.1, -0.05) is 72.5 Å². The van der Waals surface area contributed by atoms with E-state index in [-0.39, 0.29) is 0 Å². The monoisotopic (exact) mass is 712 g/mol. The Kier molecular flexibility index (Phi) is 9.12. The topological polar surface area (TPSA) is 83.1 Å². The average molecular weight is 713 g/mol. The van der Waals surface area contributed by atoms with Gasteiger partial charge in [-0.3, -0.25) is 9.97 Å². The molecule has 0 unspecified atom stereocenters. The van der Waals surface area contributed by atoms with Gasteiger partial charge in [0.25, 0.3) is 0 Å². The molecule has 2 N–H and O–H groups in total. The number of hydrogen-bond donors (Lipinski definition) is 2. The predicted octanol–water partition coefficient (Wildman–Crippen LogP) is 9.59. The molecular weight excluding hydrogens is 685 g/mol. The van der Waals surface area contributed by atoms with E-state index in [0.717, 1.165) is 72.4 Å². The summed E-state index contributed by atoms with van der Waals surface area (Å²) in [4.78, 5) is 26.0. The first-order valence-corrected chi connectivity index (χ1v) is 17.9. The third-order valence-electron chi connectivity index (χ3n) is 9.15. The van der Waals surface area contributed by atoms with Crippen molar-refractivity contribution < 1.29 is 0 Å². The van der Waals surface area contributed by atoms with Gasteiger partial charge in [0.05, 0.1) is 44.9 Å². The molecule has 0 spiro atoms. The third-order valence-corrected chi connectivity index (χ3v) is 9.15. The Bertz CT molecular complexity index is 2990. The van der Waals surface area contributed by atoms with Crippen LogP contribution in [-0.4, -0.2) is 29.9 Å². The fourth-order valence-corrected chi connectivity index (χ4v) is 6.55. The van der Waals surface area contributed by atoms with Crippen molar-refractivity contribution in [3.63, 3.8) is 0 Å². The van der Waals surface area contributed by atoms with Gasteiger partial charge in [0.15, 0.2) is 0 Å². The van der Waals surface area contributed by atoms with Crippen molar-refractivity contribution in [3.8, 4) is 69.6 Å². The van der Waals surface area contributed by atoms with Crippen molar-refractivity contribution in [3.05, 3.63) is 179 Å².